The number of phenolic OH excluding ortho intramolecular Hbond substituents is 1. The van der Waals surface area contributed by atoms with Crippen LogP contribution < -0.4 is 0 Å². The molecule has 1 aliphatic rings. The Morgan fingerprint density at radius 3 is 2.81 bits per heavy atom. The summed E-state index contributed by atoms with van der Waals surface area (Å²) in [7, 11) is 1.87. The molecular weight excluding hydrogens is 273 g/mol. The SMILES string of the molecule is CC(=O)c1cc(F)cc(CN(C)CCOCC2CC2)c1O. The van der Waals surface area contributed by atoms with Crippen LogP contribution in [0.4, 0.5) is 4.39 Å². The summed E-state index contributed by atoms with van der Waals surface area (Å²) in [6, 6.07) is 2.34. The lowest BCUT2D eigenvalue weighted by molar-refractivity contribution is 0.100. The van der Waals surface area contributed by atoms with Gasteiger partial charge in [0.1, 0.15) is 11.6 Å². The van der Waals surface area contributed by atoms with Crippen LogP contribution in [0.15, 0.2) is 12.1 Å². The lowest BCUT2D eigenvalue weighted by atomic mass is 10.1. The Labute approximate surface area is 124 Å². The highest BCUT2D eigenvalue weighted by Crippen LogP contribution is 2.28. The molecule has 1 aliphatic carbocycles. The van der Waals surface area contributed by atoms with Crippen LogP contribution in [0.3, 0.4) is 0 Å². The van der Waals surface area contributed by atoms with Gasteiger partial charge in [0.15, 0.2) is 5.78 Å². The molecule has 0 saturated heterocycles. The van der Waals surface area contributed by atoms with Gasteiger partial charge in [-0.15, -0.1) is 0 Å². The second-order valence-corrected chi connectivity index (χ2v) is 5.77. The number of ketones is 1. The number of benzene rings is 1. The molecule has 1 N–H and O–H groups in total. The molecule has 0 aromatic heterocycles. The maximum atomic E-state index is 13.5. The molecule has 0 unspecified atom stereocenters. The highest BCUT2D eigenvalue weighted by atomic mass is 19.1. The molecule has 0 amide bonds. The van der Waals surface area contributed by atoms with Gasteiger partial charge in [-0.05, 0) is 44.9 Å². The topological polar surface area (TPSA) is 49.8 Å². The Kier molecular flexibility index (Phi) is 5.31. The van der Waals surface area contributed by atoms with Crippen molar-refractivity contribution in [3.63, 3.8) is 0 Å². The fraction of sp³-hybridized carbons (Fsp3) is 0.562. The number of likely N-dealkylation sites (N-methyl/N-ethyl adjacent to an activating group) is 1. The Balaban J connectivity index is 1.89. The molecule has 0 bridgehead atoms. The molecule has 2 rings (SSSR count). The van der Waals surface area contributed by atoms with Gasteiger partial charge < -0.3 is 9.84 Å². The van der Waals surface area contributed by atoms with Crippen molar-refractivity contribution in [3.8, 4) is 5.75 Å². The van der Waals surface area contributed by atoms with Gasteiger partial charge in [-0.3, -0.25) is 9.69 Å². The Morgan fingerprint density at radius 2 is 2.19 bits per heavy atom. The minimum absolute atomic E-state index is 0.0309. The minimum atomic E-state index is -0.508. The highest BCUT2D eigenvalue weighted by Gasteiger charge is 2.21. The van der Waals surface area contributed by atoms with Crippen LogP contribution in [0.25, 0.3) is 0 Å². The van der Waals surface area contributed by atoms with E-state index in [-0.39, 0.29) is 17.1 Å². The number of phenols is 1. The molecule has 0 atom stereocenters. The fourth-order valence-corrected chi connectivity index (χ4v) is 2.17. The Hall–Kier alpha value is -1.46. The van der Waals surface area contributed by atoms with E-state index >= 15 is 0 Å². The Bertz CT molecular complexity index is 514. The molecule has 1 saturated carbocycles. The van der Waals surface area contributed by atoms with Crippen LogP contribution >= 0.6 is 0 Å². The van der Waals surface area contributed by atoms with Crippen molar-refractivity contribution in [3.05, 3.63) is 29.1 Å². The zero-order valence-corrected chi connectivity index (χ0v) is 12.6. The molecule has 0 spiro atoms. The van der Waals surface area contributed by atoms with Crippen LogP contribution in [0.1, 0.15) is 35.7 Å². The second kappa shape index (κ2) is 7.00. The lowest BCUT2D eigenvalue weighted by Gasteiger charge is -2.18. The smallest absolute Gasteiger partial charge is 0.163 e. The standard InChI is InChI=1S/C16H22FNO3/c1-11(19)15-8-14(17)7-13(16(15)20)9-18(2)5-6-21-10-12-3-4-12/h7-8,12,20H,3-6,9-10H2,1-2H3. The van der Waals surface area contributed by atoms with E-state index in [1.807, 2.05) is 11.9 Å². The summed E-state index contributed by atoms with van der Waals surface area (Å²) in [5.41, 5.74) is 0.452. The second-order valence-electron chi connectivity index (χ2n) is 5.77. The van der Waals surface area contributed by atoms with Crippen LogP contribution in [0, 0.1) is 11.7 Å². The number of ether oxygens (including phenoxy) is 1. The number of nitrogens with zero attached hydrogens (tertiary/aromatic N) is 1. The van der Waals surface area contributed by atoms with Crippen LogP contribution in [-0.4, -0.2) is 42.6 Å². The summed E-state index contributed by atoms with van der Waals surface area (Å²) in [5.74, 6) is -0.245. The van der Waals surface area contributed by atoms with Crippen LogP contribution in [0.2, 0.25) is 0 Å². The summed E-state index contributed by atoms with van der Waals surface area (Å²) in [5, 5.41) is 10.0. The number of rotatable bonds is 8. The molecule has 1 fully saturated rings. The van der Waals surface area contributed by atoms with Crippen molar-refractivity contribution >= 4 is 5.78 Å². The number of halogens is 1. The van der Waals surface area contributed by atoms with E-state index in [0.717, 1.165) is 18.6 Å². The maximum absolute atomic E-state index is 13.5. The third-order valence-electron chi connectivity index (χ3n) is 3.64. The molecular formula is C16H22FNO3. The van der Waals surface area contributed by atoms with E-state index < -0.39 is 5.82 Å². The van der Waals surface area contributed by atoms with Gasteiger partial charge in [-0.25, -0.2) is 4.39 Å². The van der Waals surface area contributed by atoms with E-state index in [4.69, 9.17) is 4.74 Å². The van der Waals surface area contributed by atoms with Gasteiger partial charge in [-0.2, -0.15) is 0 Å². The van der Waals surface area contributed by atoms with Crippen molar-refractivity contribution < 1.29 is 19.0 Å². The summed E-state index contributed by atoms with van der Waals surface area (Å²) in [4.78, 5) is 13.3. The number of Topliss-reactive ketones (excluding diaryl/α,β-unsaturated/α-hetero) is 1. The molecule has 1 aromatic rings. The van der Waals surface area contributed by atoms with E-state index in [1.165, 1.54) is 25.8 Å². The van der Waals surface area contributed by atoms with E-state index in [2.05, 4.69) is 0 Å². The first-order valence-electron chi connectivity index (χ1n) is 7.26. The number of hydrogen-bond acceptors (Lipinski definition) is 4. The van der Waals surface area contributed by atoms with Crippen LogP contribution in [0.5, 0.6) is 5.75 Å². The first kappa shape index (κ1) is 15.9. The molecule has 0 heterocycles. The van der Waals surface area contributed by atoms with E-state index in [9.17, 15) is 14.3 Å². The van der Waals surface area contributed by atoms with Gasteiger partial charge >= 0.3 is 0 Å². The van der Waals surface area contributed by atoms with E-state index in [0.29, 0.717) is 25.3 Å². The number of carbonyl (C=O) groups is 1. The number of carbonyl (C=O) groups excluding carboxylic acids is 1. The summed E-state index contributed by atoms with van der Waals surface area (Å²) >= 11 is 0. The molecule has 0 radical (unpaired) electrons. The largest absolute Gasteiger partial charge is 0.507 e. The normalized spacial score (nSPS) is 14.7. The Morgan fingerprint density at radius 1 is 1.48 bits per heavy atom. The van der Waals surface area contributed by atoms with Gasteiger partial charge in [0.05, 0.1) is 12.2 Å². The predicted octanol–water partition coefficient (Wildman–Crippen LogP) is 2.59. The van der Waals surface area contributed by atoms with Crippen LogP contribution in [-0.2, 0) is 11.3 Å². The monoisotopic (exact) mass is 295 g/mol. The van der Waals surface area contributed by atoms with Crippen molar-refractivity contribution in [2.45, 2.75) is 26.3 Å². The molecule has 0 aliphatic heterocycles. The number of hydrogen-bond donors (Lipinski definition) is 1. The van der Waals surface area contributed by atoms with Crippen molar-refractivity contribution in [1.82, 2.24) is 4.90 Å². The zero-order chi connectivity index (χ0) is 15.4. The quantitative estimate of drug-likeness (QED) is 0.591. The molecule has 116 valence electrons. The van der Waals surface area contributed by atoms with E-state index in [1.54, 1.807) is 0 Å². The lowest BCUT2D eigenvalue weighted by Crippen LogP contribution is -2.23. The summed E-state index contributed by atoms with van der Waals surface area (Å²) < 4.78 is 19.1. The molecule has 4 nitrogen and oxygen atoms in total. The molecule has 21 heavy (non-hydrogen) atoms. The third kappa shape index (κ3) is 4.79. The predicted molar refractivity (Wildman–Crippen MR) is 77.9 cm³/mol. The number of aromatic hydroxyl groups is 1. The third-order valence-corrected chi connectivity index (χ3v) is 3.64. The van der Waals surface area contributed by atoms with Gasteiger partial charge in [0.25, 0.3) is 0 Å². The molecule has 1 aromatic carbocycles. The summed E-state index contributed by atoms with van der Waals surface area (Å²) in [6.45, 7) is 3.80. The average molecular weight is 295 g/mol. The van der Waals surface area contributed by atoms with Crippen molar-refractivity contribution in [1.29, 1.82) is 0 Å². The first-order chi connectivity index (χ1) is 9.97. The minimum Gasteiger partial charge on any atom is -0.507 e. The zero-order valence-electron chi connectivity index (χ0n) is 12.6. The van der Waals surface area contributed by atoms with Gasteiger partial charge in [0, 0.05) is 25.3 Å². The summed E-state index contributed by atoms with van der Waals surface area (Å²) in [6.07, 6.45) is 2.53. The highest BCUT2D eigenvalue weighted by molar-refractivity contribution is 5.97. The first-order valence-corrected chi connectivity index (χ1v) is 7.26. The fourth-order valence-electron chi connectivity index (χ4n) is 2.17. The average Bonchev–Trinajstić information content (AvgIpc) is 3.22. The molecule has 5 heteroatoms. The van der Waals surface area contributed by atoms with Gasteiger partial charge in [-0.1, -0.05) is 0 Å². The van der Waals surface area contributed by atoms with Gasteiger partial charge in [0.2, 0.25) is 0 Å². The van der Waals surface area contributed by atoms with Crippen molar-refractivity contribution in [2.24, 2.45) is 5.92 Å². The maximum Gasteiger partial charge on any atom is 0.163 e. The van der Waals surface area contributed by atoms with Crippen molar-refractivity contribution in [2.75, 3.05) is 26.8 Å².